The zero-order valence-corrected chi connectivity index (χ0v) is 8.25. The van der Waals surface area contributed by atoms with Crippen LogP contribution >= 0.6 is 27.3 Å². The van der Waals surface area contributed by atoms with Crippen LogP contribution in [0.3, 0.4) is 0 Å². The summed E-state index contributed by atoms with van der Waals surface area (Å²) in [5.41, 5.74) is 0. The van der Waals surface area contributed by atoms with E-state index in [2.05, 4.69) is 15.9 Å². The lowest BCUT2D eigenvalue weighted by molar-refractivity contribution is 0.473. The van der Waals surface area contributed by atoms with Crippen LogP contribution in [0.4, 0.5) is 4.39 Å². The van der Waals surface area contributed by atoms with Gasteiger partial charge in [-0.3, -0.25) is 0 Å². The summed E-state index contributed by atoms with van der Waals surface area (Å²) < 4.78 is 14.2. The van der Waals surface area contributed by atoms with Crippen LogP contribution in [-0.2, 0) is 0 Å². The molecule has 4 heteroatoms. The zero-order chi connectivity index (χ0) is 8.72. The first-order valence-electron chi connectivity index (χ1n) is 3.23. The van der Waals surface area contributed by atoms with E-state index in [1.54, 1.807) is 12.1 Å². The molecule has 0 saturated heterocycles. The van der Waals surface area contributed by atoms with Gasteiger partial charge in [-0.05, 0) is 28.1 Å². The monoisotopic (exact) mass is 246 g/mol. The van der Waals surface area contributed by atoms with Crippen molar-refractivity contribution in [3.63, 3.8) is 0 Å². The van der Waals surface area contributed by atoms with E-state index >= 15 is 0 Å². The summed E-state index contributed by atoms with van der Waals surface area (Å²) in [4.78, 5) is 0. The maximum absolute atomic E-state index is 13.0. The molecule has 1 aromatic heterocycles. The summed E-state index contributed by atoms with van der Waals surface area (Å²) >= 11 is 4.40. The topological polar surface area (TPSA) is 20.2 Å². The van der Waals surface area contributed by atoms with Gasteiger partial charge in [0, 0.05) is 15.5 Å². The minimum Gasteiger partial charge on any atom is -0.507 e. The van der Waals surface area contributed by atoms with E-state index in [-0.39, 0.29) is 11.6 Å². The number of halogens is 2. The van der Waals surface area contributed by atoms with Crippen LogP contribution in [0.2, 0.25) is 0 Å². The number of aromatic hydroxyl groups is 1. The molecule has 2 aromatic rings. The Morgan fingerprint density at radius 2 is 2.17 bits per heavy atom. The molecule has 12 heavy (non-hydrogen) atoms. The average Bonchev–Trinajstić information content (AvgIpc) is 2.35. The Labute approximate surface area is 80.6 Å². The fourth-order valence-corrected chi connectivity index (χ4v) is 2.17. The Morgan fingerprint density at radius 1 is 1.42 bits per heavy atom. The highest BCUT2D eigenvalue weighted by Gasteiger charge is 2.06. The van der Waals surface area contributed by atoms with Gasteiger partial charge in [-0.25, -0.2) is 4.39 Å². The Hall–Kier alpha value is -0.610. The summed E-state index contributed by atoms with van der Waals surface area (Å²) in [6, 6.07) is 3.13. The molecule has 0 aliphatic heterocycles. The normalized spacial score (nSPS) is 10.8. The maximum Gasteiger partial charge on any atom is 0.141 e. The smallest absolute Gasteiger partial charge is 0.141 e. The summed E-state index contributed by atoms with van der Waals surface area (Å²) in [6.07, 6.45) is 0. The highest BCUT2D eigenvalue weighted by molar-refractivity contribution is 9.10. The van der Waals surface area contributed by atoms with Crippen molar-refractivity contribution in [1.29, 1.82) is 0 Å². The fraction of sp³-hybridized carbons (Fsp3) is 0. The summed E-state index contributed by atoms with van der Waals surface area (Å²) in [5.74, 6) is -0.0972. The number of benzene rings is 1. The second kappa shape index (κ2) is 2.71. The van der Waals surface area contributed by atoms with E-state index in [4.69, 9.17) is 0 Å². The van der Waals surface area contributed by atoms with Gasteiger partial charge < -0.3 is 5.11 Å². The van der Waals surface area contributed by atoms with E-state index in [1.807, 2.05) is 0 Å². The first kappa shape index (κ1) is 8.01. The Bertz CT molecular complexity index is 438. The SMILES string of the molecule is Oc1cc2scc(F)c2cc1Br. The second-order valence-electron chi connectivity index (χ2n) is 2.38. The minimum atomic E-state index is -0.240. The van der Waals surface area contributed by atoms with Crippen molar-refractivity contribution in [3.05, 3.63) is 27.8 Å². The molecule has 0 unspecified atom stereocenters. The van der Waals surface area contributed by atoms with Gasteiger partial charge in [-0.1, -0.05) is 0 Å². The van der Waals surface area contributed by atoms with E-state index in [9.17, 15) is 9.50 Å². The number of hydrogen-bond acceptors (Lipinski definition) is 2. The van der Waals surface area contributed by atoms with Crippen LogP contribution in [0.1, 0.15) is 0 Å². The van der Waals surface area contributed by atoms with Crippen LogP contribution in [-0.4, -0.2) is 5.11 Å². The molecule has 0 radical (unpaired) electrons. The summed E-state index contributed by atoms with van der Waals surface area (Å²) in [5, 5.41) is 11.2. The molecule has 0 bridgehead atoms. The van der Waals surface area contributed by atoms with Gasteiger partial charge in [0.15, 0.2) is 0 Å². The van der Waals surface area contributed by atoms with Crippen molar-refractivity contribution in [1.82, 2.24) is 0 Å². The zero-order valence-electron chi connectivity index (χ0n) is 5.84. The Balaban J connectivity index is 2.87. The van der Waals surface area contributed by atoms with Crippen molar-refractivity contribution in [2.75, 3.05) is 0 Å². The van der Waals surface area contributed by atoms with E-state index in [0.29, 0.717) is 9.86 Å². The number of phenolic OH excluding ortho intramolecular Hbond substituents is 1. The molecule has 0 aliphatic rings. The highest BCUT2D eigenvalue weighted by Crippen LogP contribution is 2.33. The third-order valence-electron chi connectivity index (χ3n) is 1.60. The predicted molar refractivity (Wildman–Crippen MR) is 51.1 cm³/mol. The molecule has 1 heterocycles. The van der Waals surface area contributed by atoms with E-state index < -0.39 is 0 Å². The van der Waals surface area contributed by atoms with Crippen molar-refractivity contribution in [3.8, 4) is 5.75 Å². The minimum absolute atomic E-state index is 0.143. The van der Waals surface area contributed by atoms with Crippen molar-refractivity contribution >= 4 is 37.4 Å². The lowest BCUT2D eigenvalue weighted by atomic mass is 10.2. The van der Waals surface area contributed by atoms with Crippen molar-refractivity contribution in [2.24, 2.45) is 0 Å². The van der Waals surface area contributed by atoms with Gasteiger partial charge in [-0.15, -0.1) is 11.3 Å². The molecule has 0 aliphatic carbocycles. The first-order valence-corrected chi connectivity index (χ1v) is 4.91. The molecule has 0 spiro atoms. The number of rotatable bonds is 0. The summed E-state index contributed by atoms with van der Waals surface area (Å²) in [6.45, 7) is 0. The van der Waals surface area contributed by atoms with Gasteiger partial charge in [0.05, 0.1) is 4.47 Å². The molecule has 62 valence electrons. The molecule has 0 saturated carbocycles. The number of thiophene rings is 1. The fourth-order valence-electron chi connectivity index (χ4n) is 1.01. The van der Waals surface area contributed by atoms with Gasteiger partial charge in [0.2, 0.25) is 0 Å². The number of fused-ring (bicyclic) bond motifs is 1. The molecule has 1 nitrogen and oxygen atoms in total. The first-order chi connectivity index (χ1) is 5.68. The Kier molecular flexibility index (Phi) is 1.81. The number of phenols is 1. The molecule has 1 aromatic carbocycles. The van der Waals surface area contributed by atoms with Crippen LogP contribution in [0.5, 0.6) is 5.75 Å². The standard InChI is InChI=1S/C8H4BrFOS/c9-5-1-4-6(10)3-12-8(4)2-7(5)11/h1-3,11H. The Morgan fingerprint density at radius 3 is 2.92 bits per heavy atom. The quantitative estimate of drug-likeness (QED) is 0.755. The van der Waals surface area contributed by atoms with Crippen LogP contribution in [0.15, 0.2) is 22.0 Å². The van der Waals surface area contributed by atoms with E-state index in [0.717, 1.165) is 4.70 Å². The van der Waals surface area contributed by atoms with Crippen LogP contribution < -0.4 is 0 Å². The van der Waals surface area contributed by atoms with Crippen molar-refractivity contribution < 1.29 is 9.50 Å². The average molecular weight is 247 g/mol. The lowest BCUT2D eigenvalue weighted by Gasteiger charge is -1.95. The lowest BCUT2D eigenvalue weighted by Crippen LogP contribution is -1.71. The molecule has 0 amide bonds. The van der Waals surface area contributed by atoms with Crippen molar-refractivity contribution in [2.45, 2.75) is 0 Å². The molecule has 1 N–H and O–H groups in total. The van der Waals surface area contributed by atoms with Gasteiger partial charge in [0.1, 0.15) is 11.6 Å². The molecular weight excluding hydrogens is 243 g/mol. The van der Waals surface area contributed by atoms with E-state index in [1.165, 1.54) is 16.7 Å². The van der Waals surface area contributed by atoms with Crippen LogP contribution in [0, 0.1) is 5.82 Å². The van der Waals surface area contributed by atoms with Gasteiger partial charge in [-0.2, -0.15) is 0 Å². The van der Waals surface area contributed by atoms with Gasteiger partial charge in [0.25, 0.3) is 0 Å². The van der Waals surface area contributed by atoms with Crippen LogP contribution in [0.25, 0.3) is 10.1 Å². The summed E-state index contributed by atoms with van der Waals surface area (Å²) in [7, 11) is 0. The highest BCUT2D eigenvalue weighted by atomic mass is 79.9. The second-order valence-corrected chi connectivity index (χ2v) is 4.15. The molecule has 0 fully saturated rings. The number of hydrogen-bond donors (Lipinski definition) is 1. The third kappa shape index (κ3) is 1.11. The predicted octanol–water partition coefficient (Wildman–Crippen LogP) is 3.51. The van der Waals surface area contributed by atoms with Gasteiger partial charge >= 0.3 is 0 Å². The molecular formula is C8H4BrFOS. The molecule has 2 rings (SSSR count). The third-order valence-corrected chi connectivity index (χ3v) is 3.15. The largest absolute Gasteiger partial charge is 0.507 e. The maximum atomic E-state index is 13.0. The molecule has 0 atom stereocenters.